The lowest BCUT2D eigenvalue weighted by Crippen LogP contribution is -2.30. The Balaban J connectivity index is 4.36. The van der Waals surface area contributed by atoms with Crippen molar-refractivity contribution in [3.8, 4) is 0 Å². The van der Waals surface area contributed by atoms with Crippen molar-refractivity contribution in [2.24, 2.45) is 0 Å². The van der Waals surface area contributed by atoms with Crippen LogP contribution in [-0.2, 0) is 28.6 Å². The van der Waals surface area contributed by atoms with E-state index in [1.807, 2.05) is 0 Å². The fraction of sp³-hybridized carbons (Fsp3) is 0.814. The highest BCUT2D eigenvalue weighted by atomic mass is 16.6. The Bertz CT molecular complexity index is 1140. The number of allylic oxidation sites excluding steroid dienone is 8. The summed E-state index contributed by atoms with van der Waals surface area (Å²) in [7, 11) is 0. The van der Waals surface area contributed by atoms with Crippen LogP contribution in [0, 0.1) is 0 Å². The topological polar surface area (TPSA) is 78.9 Å². The molecular weight excluding hydrogens is 805 g/mol. The van der Waals surface area contributed by atoms with Gasteiger partial charge in [-0.25, -0.2) is 0 Å². The Morgan fingerprint density at radius 2 is 0.615 bits per heavy atom. The minimum Gasteiger partial charge on any atom is -0.462 e. The molecule has 0 radical (unpaired) electrons. The van der Waals surface area contributed by atoms with Gasteiger partial charge in [0.2, 0.25) is 0 Å². The van der Waals surface area contributed by atoms with Gasteiger partial charge in [-0.05, 0) is 64.2 Å². The molecular formula is C59H106O6. The maximum absolute atomic E-state index is 12.8. The molecule has 0 aliphatic heterocycles. The lowest BCUT2D eigenvalue weighted by atomic mass is 10.0. The van der Waals surface area contributed by atoms with Gasteiger partial charge < -0.3 is 14.2 Å². The zero-order valence-electron chi connectivity index (χ0n) is 43.3. The smallest absolute Gasteiger partial charge is 0.306 e. The summed E-state index contributed by atoms with van der Waals surface area (Å²) in [5.74, 6) is -0.891. The van der Waals surface area contributed by atoms with E-state index in [0.717, 1.165) is 83.5 Å². The van der Waals surface area contributed by atoms with E-state index in [1.165, 1.54) is 167 Å². The van der Waals surface area contributed by atoms with Gasteiger partial charge in [-0.2, -0.15) is 0 Å². The van der Waals surface area contributed by atoms with E-state index in [4.69, 9.17) is 14.2 Å². The molecule has 0 N–H and O–H groups in total. The summed E-state index contributed by atoms with van der Waals surface area (Å²) in [6.07, 6.45) is 65.3. The van der Waals surface area contributed by atoms with Crippen LogP contribution in [0.1, 0.15) is 290 Å². The zero-order chi connectivity index (χ0) is 47.2. The number of carbonyl (C=O) groups is 3. The Labute approximate surface area is 403 Å². The molecule has 0 amide bonds. The highest BCUT2D eigenvalue weighted by Crippen LogP contribution is 2.16. The number of ether oxygens (including phenoxy) is 3. The average Bonchev–Trinajstić information content (AvgIpc) is 3.30. The Kier molecular flexibility index (Phi) is 51.8. The van der Waals surface area contributed by atoms with Crippen molar-refractivity contribution in [2.45, 2.75) is 297 Å². The van der Waals surface area contributed by atoms with Crippen LogP contribution >= 0.6 is 0 Å². The molecule has 0 saturated carbocycles. The zero-order valence-corrected chi connectivity index (χ0v) is 43.3. The van der Waals surface area contributed by atoms with Gasteiger partial charge in [0, 0.05) is 19.3 Å². The summed E-state index contributed by atoms with van der Waals surface area (Å²) in [4.78, 5) is 38.1. The van der Waals surface area contributed by atoms with Gasteiger partial charge in [-0.15, -0.1) is 0 Å². The fourth-order valence-electron chi connectivity index (χ4n) is 8.14. The van der Waals surface area contributed by atoms with Crippen LogP contribution in [0.4, 0.5) is 0 Å². The predicted octanol–water partition coefficient (Wildman–Crippen LogP) is 18.7. The maximum Gasteiger partial charge on any atom is 0.306 e. The standard InChI is InChI=1S/C59H106O6/c1-4-7-10-13-16-19-22-25-27-29-31-34-37-40-43-46-49-52-58(61)64-55-56(54-63-57(60)51-48-45-42-39-36-33-24-21-18-15-12-9-6-3)65-59(62)53-50-47-44-41-38-35-32-30-28-26-23-20-17-14-11-8-5-2/h9,12,15,18,21,24-25,27,56H,4-8,10-11,13-14,16-17,19-20,22-23,26,28-55H2,1-3H3/b12-9-,18-15-,24-21-,27-25-. The monoisotopic (exact) mass is 911 g/mol. The highest BCUT2D eigenvalue weighted by Gasteiger charge is 2.19. The molecule has 378 valence electrons. The number of hydrogen-bond donors (Lipinski definition) is 0. The van der Waals surface area contributed by atoms with Gasteiger partial charge in [0.15, 0.2) is 6.10 Å². The lowest BCUT2D eigenvalue weighted by molar-refractivity contribution is -0.167. The number of carbonyl (C=O) groups excluding carboxylic acids is 3. The van der Waals surface area contributed by atoms with E-state index >= 15 is 0 Å². The second kappa shape index (κ2) is 54.0. The van der Waals surface area contributed by atoms with E-state index in [1.54, 1.807) is 0 Å². The molecule has 0 bridgehead atoms. The van der Waals surface area contributed by atoms with Crippen molar-refractivity contribution in [3.05, 3.63) is 48.6 Å². The first-order valence-corrected chi connectivity index (χ1v) is 28.2. The SMILES string of the molecule is CC\C=C/C=C\C=C/CCCCCCCC(=O)OCC(COC(=O)CCCCCCCCC/C=C\CCCCCCCC)OC(=O)CCCCCCCCCCCCCCCCCCC. The van der Waals surface area contributed by atoms with E-state index < -0.39 is 6.10 Å². The van der Waals surface area contributed by atoms with Crippen LogP contribution in [0.25, 0.3) is 0 Å². The molecule has 0 spiro atoms. The van der Waals surface area contributed by atoms with Crippen LogP contribution < -0.4 is 0 Å². The minimum atomic E-state index is -0.780. The van der Waals surface area contributed by atoms with Crippen LogP contribution in [0.3, 0.4) is 0 Å². The van der Waals surface area contributed by atoms with Crippen LogP contribution in [0.5, 0.6) is 0 Å². The Morgan fingerprint density at radius 1 is 0.323 bits per heavy atom. The van der Waals surface area contributed by atoms with Crippen molar-refractivity contribution in [3.63, 3.8) is 0 Å². The summed E-state index contributed by atoms with van der Waals surface area (Å²) in [6.45, 7) is 6.52. The molecule has 0 rings (SSSR count). The second-order valence-corrected chi connectivity index (χ2v) is 18.9. The first-order valence-electron chi connectivity index (χ1n) is 28.2. The molecule has 65 heavy (non-hydrogen) atoms. The van der Waals surface area contributed by atoms with E-state index in [2.05, 4.69) is 69.4 Å². The molecule has 0 aromatic heterocycles. The van der Waals surface area contributed by atoms with Crippen molar-refractivity contribution in [1.82, 2.24) is 0 Å². The quantitative estimate of drug-likeness (QED) is 0.0199. The highest BCUT2D eigenvalue weighted by molar-refractivity contribution is 5.71. The molecule has 0 heterocycles. The predicted molar refractivity (Wildman–Crippen MR) is 279 cm³/mol. The molecule has 0 aromatic carbocycles. The van der Waals surface area contributed by atoms with Gasteiger partial charge in [-0.1, -0.05) is 256 Å². The van der Waals surface area contributed by atoms with Crippen molar-refractivity contribution in [2.75, 3.05) is 13.2 Å². The molecule has 0 aliphatic carbocycles. The summed E-state index contributed by atoms with van der Waals surface area (Å²) < 4.78 is 16.8. The van der Waals surface area contributed by atoms with Crippen LogP contribution in [-0.4, -0.2) is 37.2 Å². The first-order chi connectivity index (χ1) is 32.0. The van der Waals surface area contributed by atoms with E-state index in [-0.39, 0.29) is 31.1 Å². The van der Waals surface area contributed by atoms with Crippen LogP contribution in [0.15, 0.2) is 48.6 Å². The van der Waals surface area contributed by atoms with Gasteiger partial charge in [0.05, 0.1) is 0 Å². The van der Waals surface area contributed by atoms with Gasteiger partial charge in [0.25, 0.3) is 0 Å². The van der Waals surface area contributed by atoms with Crippen molar-refractivity contribution in [1.29, 1.82) is 0 Å². The summed E-state index contributed by atoms with van der Waals surface area (Å²) >= 11 is 0. The summed E-state index contributed by atoms with van der Waals surface area (Å²) in [5, 5.41) is 0. The van der Waals surface area contributed by atoms with Gasteiger partial charge in [-0.3, -0.25) is 14.4 Å². The van der Waals surface area contributed by atoms with Crippen molar-refractivity contribution >= 4 is 17.9 Å². The normalized spacial score (nSPS) is 12.4. The molecule has 1 unspecified atom stereocenters. The lowest BCUT2D eigenvalue weighted by Gasteiger charge is -2.18. The third-order valence-corrected chi connectivity index (χ3v) is 12.4. The molecule has 0 fully saturated rings. The molecule has 6 nitrogen and oxygen atoms in total. The molecule has 0 saturated heterocycles. The number of hydrogen-bond acceptors (Lipinski definition) is 6. The third kappa shape index (κ3) is 52.2. The summed E-state index contributed by atoms with van der Waals surface area (Å²) in [6, 6.07) is 0. The molecule has 6 heteroatoms. The molecule has 0 aromatic rings. The largest absolute Gasteiger partial charge is 0.462 e. The molecule has 0 aliphatic rings. The Morgan fingerprint density at radius 3 is 0.969 bits per heavy atom. The first kappa shape index (κ1) is 62.4. The number of unbranched alkanes of at least 4 members (excludes halogenated alkanes) is 34. The number of esters is 3. The van der Waals surface area contributed by atoms with E-state index in [9.17, 15) is 14.4 Å². The maximum atomic E-state index is 12.8. The van der Waals surface area contributed by atoms with Gasteiger partial charge >= 0.3 is 17.9 Å². The fourth-order valence-corrected chi connectivity index (χ4v) is 8.14. The van der Waals surface area contributed by atoms with E-state index in [0.29, 0.717) is 19.3 Å². The van der Waals surface area contributed by atoms with Crippen molar-refractivity contribution < 1.29 is 28.6 Å². The van der Waals surface area contributed by atoms with Crippen LogP contribution in [0.2, 0.25) is 0 Å². The Hall–Kier alpha value is -2.63. The number of rotatable bonds is 51. The van der Waals surface area contributed by atoms with Gasteiger partial charge in [0.1, 0.15) is 13.2 Å². The minimum absolute atomic E-state index is 0.0794. The average molecular weight is 911 g/mol. The summed E-state index contributed by atoms with van der Waals surface area (Å²) in [5.41, 5.74) is 0. The third-order valence-electron chi connectivity index (χ3n) is 12.4. The second-order valence-electron chi connectivity index (χ2n) is 18.9. The molecule has 1 atom stereocenters.